The van der Waals surface area contributed by atoms with Crippen molar-refractivity contribution < 1.29 is 6.48 Å². The molecule has 0 spiro atoms. The van der Waals surface area contributed by atoms with Crippen molar-refractivity contribution in [3.63, 3.8) is 0 Å². The van der Waals surface area contributed by atoms with Gasteiger partial charge in [-0.1, -0.05) is 41.5 Å². The second-order valence-corrected chi connectivity index (χ2v) is 5.86. The van der Waals surface area contributed by atoms with Crippen molar-refractivity contribution in [3.8, 4) is 0 Å². The van der Waals surface area contributed by atoms with Gasteiger partial charge in [0.05, 0.1) is 6.10 Å². The van der Waals surface area contributed by atoms with Gasteiger partial charge in [-0.2, -0.15) is 0 Å². The van der Waals surface area contributed by atoms with Crippen LogP contribution in [0.1, 0.15) is 49.3 Å². The Morgan fingerprint density at radius 3 is 2.43 bits per heavy atom. The van der Waals surface area contributed by atoms with E-state index in [0.717, 1.165) is 6.42 Å². The van der Waals surface area contributed by atoms with Gasteiger partial charge < -0.3 is 5.11 Å². The minimum atomic E-state index is -0.502. The second kappa shape index (κ2) is 3.84. The third-order valence-corrected chi connectivity index (χ3v) is 4.65. The van der Waals surface area contributed by atoms with Gasteiger partial charge in [0.2, 0.25) is 1.43 Å². The van der Waals surface area contributed by atoms with Crippen LogP contribution < -0.4 is 0 Å². The van der Waals surface area contributed by atoms with Crippen molar-refractivity contribution in [2.24, 2.45) is 29.1 Å². The van der Waals surface area contributed by atoms with Gasteiger partial charge in [0.15, 0.2) is 0 Å². The first-order chi connectivity index (χ1) is 7.13. The van der Waals surface area contributed by atoms with Gasteiger partial charge in [0.25, 0.3) is 0 Å². The van der Waals surface area contributed by atoms with Gasteiger partial charge in [-0.3, -0.25) is 0 Å². The average molecular weight is 202 g/mol. The van der Waals surface area contributed by atoms with Crippen LogP contribution >= 0.6 is 0 Å². The Morgan fingerprint density at radius 2 is 2.00 bits per heavy atom. The maximum atomic E-state index is 8.28. The standard InChI is InChI=1S/C13H26O/c1-8(2)13(5,6)11-7-9(3)10(4)12(11)14/h8-12,14H,7H2,1-6H3/i8T,14T. The summed E-state index contributed by atoms with van der Waals surface area (Å²) in [7, 11) is 0. The number of aliphatic hydroxyl groups excluding tert-OH is 1. The molecule has 0 saturated heterocycles. The Bertz CT molecular complexity index is 245. The summed E-state index contributed by atoms with van der Waals surface area (Å²) in [6.07, 6.45) is 1.05. The lowest BCUT2D eigenvalue weighted by atomic mass is 9.69. The summed E-state index contributed by atoms with van der Waals surface area (Å²) < 4.78 is 15.6. The lowest BCUT2D eigenvalue weighted by Gasteiger charge is -2.38. The monoisotopic (exact) mass is 202 g/mol. The number of rotatable bonds is 3. The van der Waals surface area contributed by atoms with Crippen molar-refractivity contribution >= 4 is 0 Å². The summed E-state index contributed by atoms with van der Waals surface area (Å²) in [6.45, 7) is 12.6. The molecule has 1 aliphatic carbocycles. The van der Waals surface area contributed by atoms with Crippen LogP contribution in [0.2, 0.25) is 0 Å². The van der Waals surface area contributed by atoms with Crippen molar-refractivity contribution in [3.05, 3.63) is 0 Å². The zero-order valence-electron chi connectivity index (χ0n) is 12.4. The van der Waals surface area contributed by atoms with Crippen LogP contribution in [0.15, 0.2) is 0 Å². The molecule has 0 bridgehead atoms. The van der Waals surface area contributed by atoms with Crippen LogP contribution in [0.5, 0.6) is 0 Å². The molecule has 1 nitrogen and oxygen atoms in total. The summed E-state index contributed by atoms with van der Waals surface area (Å²) in [5, 5.41) is 4.95. The van der Waals surface area contributed by atoms with Gasteiger partial charge in [-0.25, -0.2) is 0 Å². The lowest BCUT2D eigenvalue weighted by Crippen LogP contribution is -2.36. The minimum Gasteiger partial charge on any atom is -0.393 e. The summed E-state index contributed by atoms with van der Waals surface area (Å²) in [6, 6.07) is 0. The molecule has 0 aliphatic heterocycles. The van der Waals surface area contributed by atoms with Crippen LogP contribution in [0, 0.1) is 29.1 Å². The highest BCUT2D eigenvalue weighted by Gasteiger charge is 2.45. The van der Waals surface area contributed by atoms with Crippen molar-refractivity contribution in [2.45, 2.75) is 54.1 Å². The second-order valence-electron chi connectivity index (χ2n) is 5.86. The Kier molecular flexibility index (Phi) is 2.53. The van der Waals surface area contributed by atoms with E-state index < -0.39 is 5.89 Å². The van der Waals surface area contributed by atoms with Gasteiger partial charge in [0, 0.05) is 1.37 Å². The highest BCUT2D eigenvalue weighted by atomic mass is 16.3. The highest BCUT2D eigenvalue weighted by molar-refractivity contribution is 4.95. The molecule has 1 fully saturated rings. The van der Waals surface area contributed by atoms with E-state index in [1.807, 2.05) is 13.8 Å². The SMILES string of the molecule is [3H]OC1C(C)C(C)CC1C(C)(C)C([3H])(C)C. The molecule has 14 heavy (non-hydrogen) atoms. The molecule has 1 N–H and O–H groups in total. The Labute approximate surface area is 91.8 Å². The fraction of sp³-hybridized carbons (Fsp3) is 1.00. The minimum absolute atomic E-state index is 0.0189. The summed E-state index contributed by atoms with van der Waals surface area (Å²) >= 11 is 0. The van der Waals surface area contributed by atoms with E-state index in [4.69, 9.17) is 7.91 Å². The molecule has 84 valence electrons. The number of hydrogen-bond acceptors (Lipinski definition) is 1. The lowest BCUT2D eigenvalue weighted by molar-refractivity contribution is 0.0133. The first-order valence-electron chi connectivity index (χ1n) is 6.65. The molecule has 4 unspecified atom stereocenters. The Balaban J connectivity index is 2.96. The third kappa shape index (κ3) is 1.84. The quantitative estimate of drug-likeness (QED) is 0.744. The third-order valence-electron chi connectivity index (χ3n) is 4.65. The maximum Gasteiger partial charge on any atom is 0.210 e. The normalized spacial score (nSPS) is 42.1. The zero-order valence-corrected chi connectivity index (χ0v) is 10.4. The van der Waals surface area contributed by atoms with Crippen LogP contribution in [-0.4, -0.2) is 12.6 Å². The van der Waals surface area contributed by atoms with E-state index in [-0.39, 0.29) is 11.5 Å². The maximum absolute atomic E-state index is 8.28. The molecule has 1 saturated carbocycles. The molecular formula is C13H26O. The van der Waals surface area contributed by atoms with Crippen LogP contribution in [0.25, 0.3) is 0 Å². The van der Waals surface area contributed by atoms with Crippen molar-refractivity contribution in [1.29, 1.82) is 1.43 Å². The van der Waals surface area contributed by atoms with Crippen LogP contribution in [0.4, 0.5) is 0 Å². The average Bonchev–Trinajstić information content (AvgIpc) is 2.42. The fourth-order valence-electron chi connectivity index (χ4n) is 2.52. The molecule has 1 rings (SSSR count). The Morgan fingerprint density at radius 1 is 1.43 bits per heavy atom. The molecule has 0 heterocycles. The topological polar surface area (TPSA) is 20.2 Å². The first kappa shape index (κ1) is 9.21. The molecule has 0 amide bonds. The van der Waals surface area contributed by atoms with Gasteiger partial charge in [-0.15, -0.1) is 0 Å². The molecule has 1 heteroatoms. The van der Waals surface area contributed by atoms with E-state index >= 15 is 0 Å². The van der Waals surface area contributed by atoms with Crippen LogP contribution in [0.3, 0.4) is 0 Å². The van der Waals surface area contributed by atoms with E-state index in [1.54, 1.807) is 0 Å². The van der Waals surface area contributed by atoms with Gasteiger partial charge >= 0.3 is 0 Å². The first-order valence-corrected chi connectivity index (χ1v) is 5.75. The molecule has 0 radical (unpaired) electrons. The van der Waals surface area contributed by atoms with E-state index in [1.165, 1.54) is 0 Å². The van der Waals surface area contributed by atoms with Gasteiger partial charge in [0.1, 0.15) is 0 Å². The zero-order chi connectivity index (χ0) is 12.7. The van der Waals surface area contributed by atoms with Gasteiger partial charge in [-0.05, 0) is 35.5 Å². The van der Waals surface area contributed by atoms with E-state index in [2.05, 4.69) is 27.7 Å². The highest BCUT2D eigenvalue weighted by Crippen LogP contribution is 2.48. The number of aliphatic hydroxyl groups is 1. The fourth-order valence-corrected chi connectivity index (χ4v) is 2.52. The smallest absolute Gasteiger partial charge is 0.210 e. The summed E-state index contributed by atoms with van der Waals surface area (Å²) in [4.78, 5) is 0. The van der Waals surface area contributed by atoms with Crippen molar-refractivity contribution in [1.82, 2.24) is 0 Å². The summed E-state index contributed by atoms with van der Waals surface area (Å²) in [5.74, 6) is 0.812. The van der Waals surface area contributed by atoms with E-state index in [9.17, 15) is 0 Å². The molecule has 4 atom stereocenters. The molecule has 1 aliphatic rings. The molecule has 0 aromatic rings. The predicted molar refractivity (Wildman–Crippen MR) is 61.1 cm³/mol. The predicted octanol–water partition coefficient (Wildman–Crippen LogP) is 3.32. The number of hydrogen-bond donors (Lipinski definition) is 1. The molecular weight excluding hydrogens is 172 g/mol. The van der Waals surface area contributed by atoms with Crippen molar-refractivity contribution in [2.75, 3.05) is 0 Å². The molecule has 0 aromatic carbocycles. The van der Waals surface area contributed by atoms with E-state index in [0.29, 0.717) is 17.8 Å². The largest absolute Gasteiger partial charge is 0.393 e. The summed E-state index contributed by atoms with van der Waals surface area (Å²) in [5.41, 5.74) is -0.127. The molecule has 0 aromatic heterocycles. The Hall–Kier alpha value is -0.0400. The van der Waals surface area contributed by atoms with Crippen LogP contribution in [-0.2, 0) is 0 Å².